The van der Waals surface area contributed by atoms with Crippen molar-refractivity contribution in [1.82, 2.24) is 0 Å². The van der Waals surface area contributed by atoms with Crippen LogP contribution in [0, 0.1) is 11.7 Å². The van der Waals surface area contributed by atoms with Crippen LogP contribution in [0.3, 0.4) is 0 Å². The van der Waals surface area contributed by atoms with E-state index in [1.165, 1.54) is 6.07 Å². The van der Waals surface area contributed by atoms with Crippen LogP contribution in [-0.2, 0) is 0 Å². The molecule has 0 bridgehead atoms. The fourth-order valence-electron chi connectivity index (χ4n) is 1.98. The van der Waals surface area contributed by atoms with Gasteiger partial charge in [-0.05, 0) is 24.6 Å². The first-order valence-corrected chi connectivity index (χ1v) is 5.11. The number of rotatable bonds is 2. The van der Waals surface area contributed by atoms with Gasteiger partial charge in [-0.15, -0.1) is 0 Å². The number of hydrogen-bond donors (Lipinski definition) is 2. The van der Waals surface area contributed by atoms with Gasteiger partial charge in [-0.25, -0.2) is 4.39 Å². The predicted octanol–water partition coefficient (Wildman–Crippen LogP) is 1.23. The van der Waals surface area contributed by atoms with Crippen LogP contribution in [0.15, 0.2) is 18.2 Å². The molecular formula is C11H15FN2O. The Kier molecular flexibility index (Phi) is 2.77. The van der Waals surface area contributed by atoms with Crippen molar-refractivity contribution in [1.29, 1.82) is 0 Å². The highest BCUT2D eigenvalue weighted by molar-refractivity contribution is 5.55. The monoisotopic (exact) mass is 210 g/mol. The van der Waals surface area contributed by atoms with Crippen LogP contribution in [0.25, 0.3) is 0 Å². The largest absolute Gasteiger partial charge is 0.399 e. The lowest BCUT2D eigenvalue weighted by Crippen LogP contribution is -2.21. The summed E-state index contributed by atoms with van der Waals surface area (Å²) in [6, 6.07) is 4.73. The molecule has 1 aromatic rings. The van der Waals surface area contributed by atoms with Crippen molar-refractivity contribution in [3.05, 3.63) is 24.0 Å². The zero-order valence-electron chi connectivity index (χ0n) is 8.49. The van der Waals surface area contributed by atoms with Gasteiger partial charge in [-0.2, -0.15) is 0 Å². The lowest BCUT2D eigenvalue weighted by Gasteiger charge is -2.19. The predicted molar refractivity (Wildman–Crippen MR) is 58.2 cm³/mol. The van der Waals surface area contributed by atoms with Gasteiger partial charge >= 0.3 is 0 Å². The van der Waals surface area contributed by atoms with E-state index < -0.39 is 0 Å². The van der Waals surface area contributed by atoms with E-state index >= 15 is 0 Å². The molecule has 1 aliphatic heterocycles. The molecule has 1 atom stereocenters. The molecule has 0 unspecified atom stereocenters. The van der Waals surface area contributed by atoms with Crippen molar-refractivity contribution >= 4 is 11.4 Å². The standard InChI is InChI=1S/C11H15FN2O/c12-10-5-9(13)1-2-11(10)14-4-3-8(6-14)7-15/h1-2,5,8,15H,3-4,6-7,13H2/t8-/m0/s1. The Morgan fingerprint density at radius 1 is 1.53 bits per heavy atom. The first kappa shape index (κ1) is 10.2. The molecule has 3 nitrogen and oxygen atoms in total. The highest BCUT2D eigenvalue weighted by atomic mass is 19.1. The van der Waals surface area contributed by atoms with E-state index in [4.69, 9.17) is 10.8 Å². The SMILES string of the molecule is Nc1ccc(N2CC[C@H](CO)C2)c(F)c1. The quantitative estimate of drug-likeness (QED) is 0.722. The minimum absolute atomic E-state index is 0.174. The van der Waals surface area contributed by atoms with Crippen LogP contribution in [-0.4, -0.2) is 24.8 Å². The maximum absolute atomic E-state index is 13.5. The van der Waals surface area contributed by atoms with Crippen molar-refractivity contribution in [2.45, 2.75) is 6.42 Å². The Balaban J connectivity index is 2.17. The fourth-order valence-corrected chi connectivity index (χ4v) is 1.98. The first-order valence-electron chi connectivity index (χ1n) is 5.11. The molecular weight excluding hydrogens is 195 g/mol. The molecule has 1 heterocycles. The van der Waals surface area contributed by atoms with Crippen molar-refractivity contribution in [2.75, 3.05) is 30.3 Å². The molecule has 82 valence electrons. The van der Waals surface area contributed by atoms with Crippen LogP contribution >= 0.6 is 0 Å². The Bertz CT molecular complexity index is 356. The summed E-state index contributed by atoms with van der Waals surface area (Å²) in [6.45, 7) is 1.69. The van der Waals surface area contributed by atoms with Crippen molar-refractivity contribution in [2.24, 2.45) is 5.92 Å². The van der Waals surface area contributed by atoms with Gasteiger partial charge in [0.1, 0.15) is 5.82 Å². The van der Waals surface area contributed by atoms with Gasteiger partial charge in [-0.1, -0.05) is 0 Å². The number of hydrogen-bond acceptors (Lipinski definition) is 3. The van der Waals surface area contributed by atoms with E-state index in [2.05, 4.69) is 0 Å². The summed E-state index contributed by atoms with van der Waals surface area (Å²) in [7, 11) is 0. The second kappa shape index (κ2) is 4.06. The Morgan fingerprint density at radius 3 is 2.93 bits per heavy atom. The summed E-state index contributed by atoms with van der Waals surface area (Å²) >= 11 is 0. The fraction of sp³-hybridized carbons (Fsp3) is 0.455. The number of nitrogens with two attached hydrogens (primary N) is 1. The zero-order valence-corrected chi connectivity index (χ0v) is 8.49. The van der Waals surface area contributed by atoms with E-state index in [0.29, 0.717) is 11.4 Å². The summed E-state index contributed by atoms with van der Waals surface area (Å²) in [5.41, 5.74) is 6.50. The number of anilines is 2. The molecule has 15 heavy (non-hydrogen) atoms. The third-order valence-electron chi connectivity index (χ3n) is 2.86. The average Bonchev–Trinajstić information content (AvgIpc) is 2.66. The number of aliphatic hydroxyl groups is 1. The molecule has 1 fully saturated rings. The van der Waals surface area contributed by atoms with Crippen LogP contribution in [0.1, 0.15) is 6.42 Å². The molecule has 0 spiro atoms. The minimum Gasteiger partial charge on any atom is -0.399 e. The molecule has 0 radical (unpaired) electrons. The highest BCUT2D eigenvalue weighted by Crippen LogP contribution is 2.27. The van der Waals surface area contributed by atoms with Gasteiger partial charge < -0.3 is 15.7 Å². The topological polar surface area (TPSA) is 49.5 Å². The zero-order chi connectivity index (χ0) is 10.8. The molecule has 0 amide bonds. The Hall–Kier alpha value is -1.29. The molecule has 0 aromatic heterocycles. The molecule has 1 aromatic carbocycles. The summed E-state index contributed by atoms with van der Waals surface area (Å²) in [5, 5.41) is 9.00. The molecule has 4 heteroatoms. The van der Waals surface area contributed by atoms with E-state index in [9.17, 15) is 4.39 Å². The minimum atomic E-state index is -0.284. The number of halogens is 1. The van der Waals surface area contributed by atoms with Crippen LogP contribution in [0.4, 0.5) is 15.8 Å². The lowest BCUT2D eigenvalue weighted by atomic mass is 10.1. The summed E-state index contributed by atoms with van der Waals surface area (Å²) in [6.07, 6.45) is 0.917. The average molecular weight is 210 g/mol. The van der Waals surface area contributed by atoms with Gasteiger partial charge in [0.15, 0.2) is 0 Å². The lowest BCUT2D eigenvalue weighted by molar-refractivity contribution is 0.238. The molecule has 1 aliphatic rings. The van der Waals surface area contributed by atoms with Crippen molar-refractivity contribution < 1.29 is 9.50 Å². The third kappa shape index (κ3) is 2.04. The van der Waals surface area contributed by atoms with E-state index in [1.807, 2.05) is 4.90 Å². The van der Waals surface area contributed by atoms with E-state index in [1.54, 1.807) is 12.1 Å². The van der Waals surface area contributed by atoms with Crippen LogP contribution in [0.5, 0.6) is 0 Å². The summed E-state index contributed by atoms with van der Waals surface area (Å²) in [5.74, 6) is -0.0180. The Morgan fingerprint density at radius 2 is 2.33 bits per heavy atom. The smallest absolute Gasteiger partial charge is 0.148 e. The molecule has 0 saturated carbocycles. The van der Waals surface area contributed by atoms with Crippen LogP contribution in [0.2, 0.25) is 0 Å². The van der Waals surface area contributed by atoms with E-state index in [-0.39, 0.29) is 18.3 Å². The maximum Gasteiger partial charge on any atom is 0.148 e. The number of aliphatic hydroxyl groups excluding tert-OH is 1. The van der Waals surface area contributed by atoms with E-state index in [0.717, 1.165) is 19.5 Å². The second-order valence-corrected chi connectivity index (χ2v) is 3.99. The van der Waals surface area contributed by atoms with Gasteiger partial charge in [0.25, 0.3) is 0 Å². The third-order valence-corrected chi connectivity index (χ3v) is 2.86. The Labute approximate surface area is 88.3 Å². The van der Waals surface area contributed by atoms with Gasteiger partial charge in [0.2, 0.25) is 0 Å². The van der Waals surface area contributed by atoms with Gasteiger partial charge in [0, 0.05) is 31.3 Å². The molecule has 0 aliphatic carbocycles. The number of benzene rings is 1. The van der Waals surface area contributed by atoms with Crippen LogP contribution < -0.4 is 10.6 Å². The van der Waals surface area contributed by atoms with Crippen molar-refractivity contribution in [3.63, 3.8) is 0 Å². The molecule has 2 rings (SSSR count). The maximum atomic E-state index is 13.5. The van der Waals surface area contributed by atoms with Gasteiger partial charge in [0.05, 0.1) is 5.69 Å². The normalized spacial score (nSPS) is 20.9. The highest BCUT2D eigenvalue weighted by Gasteiger charge is 2.23. The van der Waals surface area contributed by atoms with Crippen molar-refractivity contribution in [3.8, 4) is 0 Å². The summed E-state index contributed by atoms with van der Waals surface area (Å²) < 4.78 is 13.5. The molecule has 1 saturated heterocycles. The first-order chi connectivity index (χ1) is 7.20. The summed E-state index contributed by atoms with van der Waals surface area (Å²) in [4.78, 5) is 1.95. The number of nitrogens with zero attached hydrogens (tertiary/aromatic N) is 1. The second-order valence-electron chi connectivity index (χ2n) is 3.99. The van der Waals surface area contributed by atoms with Gasteiger partial charge in [-0.3, -0.25) is 0 Å². The molecule has 3 N–H and O–H groups in total. The number of nitrogen functional groups attached to an aromatic ring is 1.